The van der Waals surface area contributed by atoms with Crippen molar-refractivity contribution in [3.8, 4) is 0 Å². The second kappa shape index (κ2) is 18.4. The van der Waals surface area contributed by atoms with Crippen LogP contribution in [-0.2, 0) is 19.1 Å². The van der Waals surface area contributed by atoms with E-state index < -0.39 is 11.9 Å². The van der Waals surface area contributed by atoms with Gasteiger partial charge in [0.2, 0.25) is 0 Å². The summed E-state index contributed by atoms with van der Waals surface area (Å²) in [6.45, 7) is 20.1. The maximum atomic E-state index is 10.8. The van der Waals surface area contributed by atoms with Gasteiger partial charge < -0.3 is 19.5 Å². The average Bonchev–Trinajstić information content (AvgIpc) is 2.55. The van der Waals surface area contributed by atoms with E-state index in [0.29, 0.717) is 11.1 Å². The second-order valence-corrected chi connectivity index (χ2v) is 4.45. The van der Waals surface area contributed by atoms with Crippen LogP contribution in [0.2, 0.25) is 0 Å². The van der Waals surface area contributed by atoms with Gasteiger partial charge in [-0.05, 0) is 33.5 Å². The molecule has 1 N–H and O–H groups in total. The van der Waals surface area contributed by atoms with Gasteiger partial charge in [-0.1, -0.05) is 33.9 Å². The molecule has 0 fully saturated rings. The third-order valence-electron chi connectivity index (χ3n) is 2.59. The summed E-state index contributed by atoms with van der Waals surface area (Å²) in [7, 11) is 1.00. The molecule has 0 aliphatic rings. The van der Waals surface area contributed by atoms with E-state index in [4.69, 9.17) is 5.11 Å². The lowest BCUT2D eigenvalue weighted by Gasteiger charge is -2.13. The van der Waals surface area contributed by atoms with Crippen LogP contribution >= 0.6 is 0 Å². The summed E-state index contributed by atoms with van der Waals surface area (Å²) in [5, 5.41) is 7.00. The van der Waals surface area contributed by atoms with Crippen molar-refractivity contribution in [1.29, 1.82) is 0 Å². The number of carbonyl (C=O) groups excluding carboxylic acids is 2. The molecule has 0 saturated heterocycles. The Morgan fingerprint density at radius 2 is 1.09 bits per heavy atom. The lowest BCUT2D eigenvalue weighted by atomic mass is 10.4. The Morgan fingerprint density at radius 3 is 1.22 bits per heavy atom. The van der Waals surface area contributed by atoms with Crippen LogP contribution in [-0.4, -0.2) is 61.9 Å². The SMILES string of the molecule is C=C(C)C(=O)OCCOC(=O)C(=C)C.CCN(CC)CC.CO. The molecule has 0 atom stereocenters. The van der Waals surface area contributed by atoms with E-state index in [9.17, 15) is 9.59 Å². The minimum absolute atomic E-state index is 0.0325. The van der Waals surface area contributed by atoms with Crippen LogP contribution < -0.4 is 0 Å². The maximum Gasteiger partial charge on any atom is 0.333 e. The second-order valence-electron chi connectivity index (χ2n) is 4.45. The molecule has 0 amide bonds. The number of esters is 2. The van der Waals surface area contributed by atoms with Gasteiger partial charge >= 0.3 is 11.9 Å². The predicted octanol–water partition coefficient (Wildman–Crippen LogP) is 2.18. The molecule has 0 spiro atoms. The third-order valence-corrected chi connectivity index (χ3v) is 2.59. The average molecular weight is 331 g/mol. The molecule has 6 nitrogen and oxygen atoms in total. The molecule has 23 heavy (non-hydrogen) atoms. The molecule has 0 aromatic rings. The fourth-order valence-corrected chi connectivity index (χ4v) is 1.19. The third kappa shape index (κ3) is 18.3. The van der Waals surface area contributed by atoms with Crippen LogP contribution in [0.5, 0.6) is 0 Å². The topological polar surface area (TPSA) is 76.1 Å². The number of nitrogens with zero attached hydrogens (tertiary/aromatic N) is 1. The van der Waals surface area contributed by atoms with E-state index in [2.05, 4.69) is 48.3 Å². The van der Waals surface area contributed by atoms with Gasteiger partial charge in [0.15, 0.2) is 0 Å². The Balaban J connectivity index is -0.000000373. The van der Waals surface area contributed by atoms with Crippen molar-refractivity contribution in [3.63, 3.8) is 0 Å². The summed E-state index contributed by atoms with van der Waals surface area (Å²) in [4.78, 5) is 24.1. The largest absolute Gasteiger partial charge is 0.459 e. The monoisotopic (exact) mass is 331 g/mol. The van der Waals surface area contributed by atoms with Crippen LogP contribution in [0, 0.1) is 0 Å². The van der Waals surface area contributed by atoms with Gasteiger partial charge in [-0.3, -0.25) is 0 Å². The number of hydrogen-bond donors (Lipinski definition) is 1. The number of aliphatic hydroxyl groups is 1. The zero-order valence-corrected chi connectivity index (χ0v) is 15.5. The normalized spacial score (nSPS) is 8.87. The lowest BCUT2D eigenvalue weighted by molar-refractivity contribution is -0.147. The fraction of sp³-hybridized carbons (Fsp3) is 0.647. The van der Waals surface area contributed by atoms with Crippen molar-refractivity contribution in [2.24, 2.45) is 0 Å². The van der Waals surface area contributed by atoms with Gasteiger partial charge in [0, 0.05) is 18.3 Å². The predicted molar refractivity (Wildman–Crippen MR) is 93.2 cm³/mol. The first kappa shape index (κ1) is 26.2. The molecule has 0 saturated carbocycles. The van der Waals surface area contributed by atoms with Gasteiger partial charge in [0.05, 0.1) is 0 Å². The lowest BCUT2D eigenvalue weighted by Crippen LogP contribution is -2.21. The Morgan fingerprint density at radius 1 is 0.826 bits per heavy atom. The van der Waals surface area contributed by atoms with Crippen LogP contribution in [0.3, 0.4) is 0 Å². The molecule has 0 unspecified atom stereocenters. The van der Waals surface area contributed by atoms with Crippen molar-refractivity contribution < 1.29 is 24.2 Å². The summed E-state index contributed by atoms with van der Waals surface area (Å²) in [5.41, 5.74) is 0.632. The molecule has 0 radical (unpaired) electrons. The summed E-state index contributed by atoms with van der Waals surface area (Å²) in [6, 6.07) is 0. The van der Waals surface area contributed by atoms with E-state index in [1.807, 2.05) is 0 Å². The standard InChI is InChI=1S/C10H14O4.C6H15N.CH4O/c1-7(2)9(11)13-5-6-14-10(12)8(3)4;1-4-7(5-2)6-3;1-2/h1,3,5-6H2,2,4H3;4-6H2,1-3H3;2H,1H3. The first-order valence-electron chi connectivity index (χ1n) is 7.62. The van der Waals surface area contributed by atoms with E-state index in [1.54, 1.807) is 13.8 Å². The van der Waals surface area contributed by atoms with E-state index >= 15 is 0 Å². The molecular weight excluding hydrogens is 298 g/mol. The molecule has 6 heteroatoms. The Hall–Kier alpha value is -1.66. The summed E-state index contributed by atoms with van der Waals surface area (Å²) in [6.07, 6.45) is 0. The zero-order valence-electron chi connectivity index (χ0n) is 15.5. The number of aliphatic hydroxyl groups excluding tert-OH is 1. The van der Waals surface area contributed by atoms with Gasteiger partial charge in [-0.25, -0.2) is 9.59 Å². The first-order valence-corrected chi connectivity index (χ1v) is 7.62. The molecule has 0 aliphatic heterocycles. The van der Waals surface area contributed by atoms with Crippen LogP contribution in [0.1, 0.15) is 34.6 Å². The highest BCUT2D eigenvalue weighted by molar-refractivity contribution is 5.87. The summed E-state index contributed by atoms with van der Waals surface area (Å²) in [5.74, 6) is -0.979. The number of rotatable bonds is 8. The number of carbonyl (C=O) groups is 2. The molecule has 0 rings (SSSR count). The maximum absolute atomic E-state index is 10.8. The van der Waals surface area contributed by atoms with Crippen LogP contribution in [0.15, 0.2) is 24.3 Å². The highest BCUT2D eigenvalue weighted by atomic mass is 16.6. The van der Waals surface area contributed by atoms with Crippen molar-refractivity contribution in [2.45, 2.75) is 34.6 Å². The highest BCUT2D eigenvalue weighted by Gasteiger charge is 2.05. The fourth-order valence-electron chi connectivity index (χ4n) is 1.19. The highest BCUT2D eigenvalue weighted by Crippen LogP contribution is 1.94. The Bertz CT molecular complexity index is 315. The Kier molecular flexibility index (Phi) is 21.0. The van der Waals surface area contributed by atoms with Gasteiger partial charge in [0.25, 0.3) is 0 Å². The molecular formula is C17H33NO5. The minimum atomic E-state index is -0.489. The Labute approximate surface area is 140 Å². The zero-order chi connectivity index (χ0) is 18.8. The van der Waals surface area contributed by atoms with Crippen LogP contribution in [0.25, 0.3) is 0 Å². The molecule has 0 heterocycles. The summed E-state index contributed by atoms with van der Waals surface area (Å²) >= 11 is 0. The number of ether oxygens (including phenoxy) is 2. The van der Waals surface area contributed by atoms with Crippen molar-refractivity contribution in [1.82, 2.24) is 4.90 Å². The van der Waals surface area contributed by atoms with Gasteiger partial charge in [0.1, 0.15) is 13.2 Å². The molecule has 0 aliphatic carbocycles. The van der Waals surface area contributed by atoms with Crippen molar-refractivity contribution in [2.75, 3.05) is 40.0 Å². The molecule has 0 aromatic heterocycles. The minimum Gasteiger partial charge on any atom is -0.459 e. The van der Waals surface area contributed by atoms with Crippen molar-refractivity contribution >= 4 is 11.9 Å². The summed E-state index contributed by atoms with van der Waals surface area (Å²) < 4.78 is 9.38. The number of hydrogen-bond acceptors (Lipinski definition) is 6. The van der Waals surface area contributed by atoms with E-state index in [-0.39, 0.29) is 13.2 Å². The van der Waals surface area contributed by atoms with Gasteiger partial charge in [-0.15, -0.1) is 0 Å². The van der Waals surface area contributed by atoms with Crippen LogP contribution in [0.4, 0.5) is 0 Å². The quantitative estimate of drug-likeness (QED) is 0.417. The van der Waals surface area contributed by atoms with Gasteiger partial charge in [-0.2, -0.15) is 0 Å². The molecule has 136 valence electrons. The van der Waals surface area contributed by atoms with Crippen molar-refractivity contribution in [3.05, 3.63) is 24.3 Å². The van der Waals surface area contributed by atoms with E-state index in [1.165, 1.54) is 19.6 Å². The molecule has 0 aromatic carbocycles. The first-order chi connectivity index (χ1) is 10.8. The van der Waals surface area contributed by atoms with E-state index in [0.717, 1.165) is 7.11 Å². The smallest absolute Gasteiger partial charge is 0.333 e. The molecule has 0 bridgehead atoms.